The number of halogens is 2. The van der Waals surface area contributed by atoms with Crippen LogP contribution in [0.15, 0.2) is 35.1 Å². The van der Waals surface area contributed by atoms with Crippen molar-refractivity contribution < 1.29 is 23.5 Å². The van der Waals surface area contributed by atoms with Crippen LogP contribution in [-0.2, 0) is 6.54 Å². The van der Waals surface area contributed by atoms with Crippen molar-refractivity contribution in [2.24, 2.45) is 0 Å². The molecule has 0 aromatic carbocycles. The summed E-state index contributed by atoms with van der Waals surface area (Å²) in [5.74, 6) is -1.60. The van der Waals surface area contributed by atoms with Crippen LogP contribution in [0.4, 0.5) is 8.78 Å². The van der Waals surface area contributed by atoms with Crippen molar-refractivity contribution in [3.8, 4) is 0 Å². The molecule has 138 valence electrons. The van der Waals surface area contributed by atoms with Crippen molar-refractivity contribution in [1.82, 2.24) is 9.88 Å². The maximum absolute atomic E-state index is 12.8. The zero-order valence-electron chi connectivity index (χ0n) is 14.6. The van der Waals surface area contributed by atoms with Gasteiger partial charge in [0, 0.05) is 30.1 Å². The normalized spacial score (nSPS) is 16.5. The molecule has 2 heterocycles. The molecule has 1 unspecified atom stereocenters. The summed E-state index contributed by atoms with van der Waals surface area (Å²) in [6.45, 7) is 4.53. The molecule has 1 atom stereocenters. The Labute approximate surface area is 149 Å². The van der Waals surface area contributed by atoms with Crippen LogP contribution >= 0.6 is 0 Å². The van der Waals surface area contributed by atoms with E-state index in [1.165, 1.54) is 37.1 Å². The van der Waals surface area contributed by atoms with E-state index in [2.05, 4.69) is 4.98 Å². The van der Waals surface area contributed by atoms with Crippen molar-refractivity contribution in [3.05, 3.63) is 51.9 Å². The minimum atomic E-state index is -2.60. The standard InChI is InChI=1S/C18H19F2N3O3/c1-9(10(2)16(19)20)6-12(7-21)11(3)23-8-14-13(17(23)24)4-5-22-15(14)18(25)26/h4-7,11,16,21H,8H2,1-3H3,(H,25,26)/b10-9-,12-6+,21-7?. The molecule has 6 nitrogen and oxygen atoms in total. The highest BCUT2D eigenvalue weighted by Crippen LogP contribution is 2.29. The lowest BCUT2D eigenvalue weighted by atomic mass is 10.0. The Hall–Kier alpha value is -2.90. The molecule has 0 aliphatic carbocycles. The molecule has 2 rings (SSSR count). The van der Waals surface area contributed by atoms with Gasteiger partial charge in [-0.25, -0.2) is 18.6 Å². The molecule has 0 fully saturated rings. The number of nitrogens with zero attached hydrogens (tertiary/aromatic N) is 2. The maximum atomic E-state index is 12.8. The molecule has 0 bridgehead atoms. The number of carboxylic acids is 1. The van der Waals surface area contributed by atoms with E-state index in [-0.39, 0.29) is 29.3 Å². The largest absolute Gasteiger partial charge is 0.477 e. The van der Waals surface area contributed by atoms with Crippen LogP contribution in [0.1, 0.15) is 47.2 Å². The molecular formula is C18H19F2N3O3. The Morgan fingerprint density at radius 2 is 2.08 bits per heavy atom. The van der Waals surface area contributed by atoms with E-state index in [9.17, 15) is 23.5 Å². The van der Waals surface area contributed by atoms with E-state index in [1.54, 1.807) is 6.92 Å². The number of alkyl halides is 2. The predicted octanol–water partition coefficient (Wildman–Crippen LogP) is 3.30. The third-order valence-electron chi connectivity index (χ3n) is 4.53. The first-order valence-electron chi connectivity index (χ1n) is 7.88. The number of carboxylic acid groups (broad SMARTS) is 1. The van der Waals surface area contributed by atoms with Gasteiger partial charge in [-0.1, -0.05) is 6.08 Å². The van der Waals surface area contributed by atoms with Crippen molar-refractivity contribution in [2.75, 3.05) is 0 Å². The van der Waals surface area contributed by atoms with E-state index >= 15 is 0 Å². The summed E-state index contributed by atoms with van der Waals surface area (Å²) >= 11 is 0. The van der Waals surface area contributed by atoms with E-state index in [0.29, 0.717) is 16.7 Å². The zero-order chi connectivity index (χ0) is 19.6. The minimum Gasteiger partial charge on any atom is -0.477 e. The number of carbonyl (C=O) groups excluding carboxylic acids is 1. The summed E-state index contributed by atoms with van der Waals surface area (Å²) in [5.41, 5.74) is 0.971. The molecule has 0 saturated heterocycles. The van der Waals surface area contributed by atoms with E-state index in [1.807, 2.05) is 0 Å². The van der Waals surface area contributed by atoms with Gasteiger partial charge >= 0.3 is 5.97 Å². The fraction of sp³-hybridized carbons (Fsp3) is 0.333. The van der Waals surface area contributed by atoms with Crippen molar-refractivity contribution in [1.29, 1.82) is 5.41 Å². The third-order valence-corrected chi connectivity index (χ3v) is 4.53. The topological polar surface area (TPSA) is 94.3 Å². The highest BCUT2D eigenvalue weighted by Gasteiger charge is 2.35. The van der Waals surface area contributed by atoms with Crippen molar-refractivity contribution in [3.63, 3.8) is 0 Å². The van der Waals surface area contributed by atoms with Gasteiger partial charge in [0.1, 0.15) is 0 Å². The number of carbonyl (C=O) groups is 2. The quantitative estimate of drug-likeness (QED) is 0.599. The number of fused-ring (bicyclic) bond motifs is 1. The average Bonchev–Trinajstić information content (AvgIpc) is 2.94. The second kappa shape index (κ2) is 7.55. The van der Waals surface area contributed by atoms with Gasteiger partial charge in [-0.3, -0.25) is 4.79 Å². The molecular weight excluding hydrogens is 344 g/mol. The molecule has 1 amide bonds. The summed E-state index contributed by atoms with van der Waals surface area (Å²) in [7, 11) is 0. The van der Waals surface area contributed by atoms with Crippen LogP contribution in [0.25, 0.3) is 0 Å². The van der Waals surface area contributed by atoms with E-state index < -0.39 is 18.4 Å². The van der Waals surface area contributed by atoms with Crippen LogP contribution in [0.5, 0.6) is 0 Å². The fourth-order valence-corrected chi connectivity index (χ4v) is 2.75. The number of allylic oxidation sites excluding steroid dienone is 3. The number of amides is 1. The number of aromatic carboxylic acids is 1. The smallest absolute Gasteiger partial charge is 0.354 e. The molecule has 0 radical (unpaired) electrons. The van der Waals surface area contributed by atoms with Gasteiger partial charge in [0.15, 0.2) is 5.69 Å². The minimum absolute atomic E-state index is 0.0343. The maximum Gasteiger partial charge on any atom is 0.354 e. The van der Waals surface area contributed by atoms with Crippen molar-refractivity contribution in [2.45, 2.75) is 39.8 Å². The Morgan fingerprint density at radius 1 is 1.42 bits per heavy atom. The average molecular weight is 363 g/mol. The zero-order valence-corrected chi connectivity index (χ0v) is 14.6. The Kier molecular flexibility index (Phi) is 5.64. The molecule has 26 heavy (non-hydrogen) atoms. The lowest BCUT2D eigenvalue weighted by molar-refractivity contribution is 0.0683. The van der Waals surface area contributed by atoms with Crippen LogP contribution in [0.2, 0.25) is 0 Å². The van der Waals surface area contributed by atoms with E-state index in [0.717, 1.165) is 6.21 Å². The molecule has 1 aromatic heterocycles. The summed E-state index contributed by atoms with van der Waals surface area (Å²) in [5, 5.41) is 16.8. The lowest BCUT2D eigenvalue weighted by Gasteiger charge is -2.25. The van der Waals surface area contributed by atoms with Gasteiger partial charge in [-0.15, -0.1) is 0 Å². The van der Waals surface area contributed by atoms with Crippen molar-refractivity contribution >= 4 is 18.1 Å². The second-order valence-electron chi connectivity index (χ2n) is 6.06. The van der Waals surface area contributed by atoms with Gasteiger partial charge in [-0.05, 0) is 43.6 Å². The molecule has 1 aliphatic heterocycles. The van der Waals surface area contributed by atoms with Gasteiger partial charge in [0.25, 0.3) is 12.3 Å². The first kappa shape index (κ1) is 19.4. The highest BCUT2D eigenvalue weighted by atomic mass is 19.3. The molecule has 1 aromatic rings. The number of aromatic nitrogens is 1. The Bertz CT molecular complexity index is 831. The highest BCUT2D eigenvalue weighted by molar-refractivity contribution is 6.02. The summed E-state index contributed by atoms with van der Waals surface area (Å²) in [6.07, 6.45) is 1.13. The second-order valence-corrected chi connectivity index (χ2v) is 6.06. The van der Waals surface area contributed by atoms with Gasteiger partial charge in [0.2, 0.25) is 0 Å². The SMILES string of the molecule is CC(/C=C(\C=N)C(C)N1Cc2c(ccnc2C(=O)O)C1=O)=C(\C)C(F)F. The number of rotatable bonds is 6. The molecule has 1 aliphatic rings. The van der Waals surface area contributed by atoms with Crippen LogP contribution in [-0.4, -0.2) is 45.5 Å². The number of hydrogen-bond acceptors (Lipinski definition) is 4. The summed E-state index contributed by atoms with van der Waals surface area (Å²) in [6, 6.07) is 0.867. The predicted molar refractivity (Wildman–Crippen MR) is 91.8 cm³/mol. The third kappa shape index (κ3) is 3.54. The van der Waals surface area contributed by atoms with Gasteiger partial charge in [0.05, 0.1) is 6.04 Å². The summed E-state index contributed by atoms with van der Waals surface area (Å²) in [4.78, 5) is 29.1. The Morgan fingerprint density at radius 3 is 2.62 bits per heavy atom. The molecule has 8 heteroatoms. The Balaban J connectivity index is 2.38. The number of nitrogens with one attached hydrogen (secondary N) is 1. The molecule has 0 saturated carbocycles. The number of pyridine rings is 1. The van der Waals surface area contributed by atoms with Crippen LogP contribution in [0, 0.1) is 5.41 Å². The monoisotopic (exact) mass is 363 g/mol. The lowest BCUT2D eigenvalue weighted by Crippen LogP contribution is -2.35. The van der Waals surface area contributed by atoms with Crippen LogP contribution in [0.3, 0.4) is 0 Å². The first-order chi connectivity index (χ1) is 12.2. The number of hydrogen-bond donors (Lipinski definition) is 2. The van der Waals surface area contributed by atoms with Gasteiger partial charge < -0.3 is 15.4 Å². The van der Waals surface area contributed by atoms with E-state index in [4.69, 9.17) is 5.41 Å². The molecule has 2 N–H and O–H groups in total. The summed E-state index contributed by atoms with van der Waals surface area (Å²) < 4.78 is 25.7. The first-order valence-corrected chi connectivity index (χ1v) is 7.88. The van der Waals surface area contributed by atoms with Gasteiger partial charge in [-0.2, -0.15) is 0 Å². The van der Waals surface area contributed by atoms with Crippen LogP contribution < -0.4 is 0 Å². The molecule has 0 spiro atoms. The fourth-order valence-electron chi connectivity index (χ4n) is 2.75.